The van der Waals surface area contributed by atoms with Crippen LogP contribution in [-0.4, -0.2) is 33.9 Å². The average Bonchev–Trinajstić information content (AvgIpc) is 3.16. The summed E-state index contributed by atoms with van der Waals surface area (Å²) in [5.41, 5.74) is 0.898. The van der Waals surface area contributed by atoms with Crippen molar-refractivity contribution in [3.8, 4) is 6.07 Å². The molecule has 2 rings (SSSR count). The van der Waals surface area contributed by atoms with E-state index >= 15 is 0 Å². The van der Waals surface area contributed by atoms with Crippen molar-refractivity contribution in [1.29, 1.82) is 5.26 Å². The van der Waals surface area contributed by atoms with Crippen LogP contribution in [0.1, 0.15) is 46.7 Å². The predicted molar refractivity (Wildman–Crippen MR) is 99.5 cm³/mol. The van der Waals surface area contributed by atoms with Gasteiger partial charge in [-0.2, -0.15) is 5.26 Å². The van der Waals surface area contributed by atoms with Crippen molar-refractivity contribution in [3.63, 3.8) is 0 Å². The van der Waals surface area contributed by atoms with Crippen LogP contribution in [0.3, 0.4) is 0 Å². The molecule has 1 N–H and O–H groups in total. The normalized spacial score (nSPS) is 12.3. The maximum absolute atomic E-state index is 12.8. The van der Waals surface area contributed by atoms with Crippen LogP contribution < -0.4 is 0 Å². The van der Waals surface area contributed by atoms with E-state index < -0.39 is 11.9 Å². The molecule has 1 unspecified atom stereocenters. The second-order valence-corrected chi connectivity index (χ2v) is 6.62. The van der Waals surface area contributed by atoms with Gasteiger partial charge in [0.05, 0.1) is 11.6 Å². The Bertz CT molecular complexity index is 853. The number of carboxylic acid groups (broad SMARTS) is 1. The van der Waals surface area contributed by atoms with E-state index in [0.717, 1.165) is 12.0 Å². The third kappa shape index (κ3) is 4.55. The molecule has 1 aromatic carbocycles. The van der Waals surface area contributed by atoms with Gasteiger partial charge in [-0.15, -0.1) is 11.3 Å². The minimum absolute atomic E-state index is 0.00191. The summed E-state index contributed by atoms with van der Waals surface area (Å²) in [5.74, 6) is -1.43. The molecule has 1 aromatic heterocycles. The second-order valence-electron chi connectivity index (χ2n) is 5.69. The molecule has 2 aromatic rings. The molecule has 0 aliphatic carbocycles. The minimum Gasteiger partial charge on any atom is -0.478 e. The van der Waals surface area contributed by atoms with Crippen molar-refractivity contribution in [2.24, 2.45) is 0 Å². The summed E-state index contributed by atoms with van der Waals surface area (Å²) in [7, 11) is 1.63. The van der Waals surface area contributed by atoms with E-state index in [2.05, 4.69) is 4.98 Å². The van der Waals surface area contributed by atoms with E-state index in [4.69, 9.17) is 0 Å². The van der Waals surface area contributed by atoms with Crippen molar-refractivity contribution in [2.75, 3.05) is 7.05 Å². The number of amides is 1. The topological polar surface area (TPSA) is 94.3 Å². The van der Waals surface area contributed by atoms with Crippen LogP contribution >= 0.6 is 11.3 Å². The molecule has 0 radical (unpaired) electrons. The van der Waals surface area contributed by atoms with Crippen LogP contribution in [0.15, 0.2) is 41.4 Å². The maximum Gasteiger partial charge on any atom is 0.335 e. The number of carbonyl (C=O) groups is 2. The number of thiazole rings is 1. The van der Waals surface area contributed by atoms with Crippen LogP contribution in [0.4, 0.5) is 0 Å². The molecule has 1 heterocycles. The number of benzene rings is 1. The van der Waals surface area contributed by atoms with E-state index in [9.17, 15) is 20.0 Å². The smallest absolute Gasteiger partial charge is 0.335 e. The fourth-order valence-electron chi connectivity index (χ4n) is 2.64. The summed E-state index contributed by atoms with van der Waals surface area (Å²) >= 11 is 1.34. The molecule has 0 aliphatic rings. The number of carboxylic acids is 1. The summed E-state index contributed by atoms with van der Waals surface area (Å²) in [6.07, 6.45) is 4.54. The molecular weight excluding hydrogens is 350 g/mol. The lowest BCUT2D eigenvalue weighted by atomic mass is 9.98. The van der Waals surface area contributed by atoms with Crippen LogP contribution in [0.2, 0.25) is 0 Å². The van der Waals surface area contributed by atoms with Gasteiger partial charge in [0.15, 0.2) is 0 Å². The summed E-state index contributed by atoms with van der Waals surface area (Å²) < 4.78 is 0. The summed E-state index contributed by atoms with van der Waals surface area (Å²) in [6.45, 7) is 1.99. The molecule has 7 heteroatoms. The van der Waals surface area contributed by atoms with E-state index in [1.807, 2.05) is 13.0 Å². The summed E-state index contributed by atoms with van der Waals surface area (Å²) in [5, 5.41) is 20.9. The third-order valence-corrected chi connectivity index (χ3v) is 4.66. The van der Waals surface area contributed by atoms with Gasteiger partial charge in [0.2, 0.25) is 0 Å². The number of likely N-dealkylation sites (N-methyl/N-ethyl adjacent to an activating group) is 1. The minimum atomic E-state index is -1.02. The lowest BCUT2D eigenvalue weighted by molar-refractivity contribution is -0.127. The van der Waals surface area contributed by atoms with Gasteiger partial charge >= 0.3 is 5.97 Å². The Balaban J connectivity index is 2.34. The highest BCUT2D eigenvalue weighted by Crippen LogP contribution is 2.27. The lowest BCUT2D eigenvalue weighted by Crippen LogP contribution is -2.32. The number of hydrogen-bond acceptors (Lipinski definition) is 5. The van der Waals surface area contributed by atoms with Crippen molar-refractivity contribution in [3.05, 3.63) is 57.6 Å². The Morgan fingerprint density at radius 3 is 2.81 bits per heavy atom. The molecule has 0 saturated carbocycles. The van der Waals surface area contributed by atoms with Gasteiger partial charge in [0.25, 0.3) is 5.91 Å². The number of aromatic carboxylic acids is 1. The number of carbonyl (C=O) groups excluding carboxylic acids is 1. The molecule has 0 fully saturated rings. The fraction of sp³-hybridized carbons (Fsp3) is 0.263. The van der Waals surface area contributed by atoms with E-state index in [0.29, 0.717) is 11.4 Å². The first-order chi connectivity index (χ1) is 12.5. The molecule has 0 aliphatic heterocycles. The summed E-state index contributed by atoms with van der Waals surface area (Å²) in [4.78, 5) is 29.6. The largest absolute Gasteiger partial charge is 0.478 e. The van der Waals surface area contributed by atoms with Crippen molar-refractivity contribution in [1.82, 2.24) is 9.88 Å². The Morgan fingerprint density at radius 2 is 2.23 bits per heavy atom. The van der Waals surface area contributed by atoms with E-state index in [1.54, 1.807) is 36.8 Å². The number of nitriles is 1. The van der Waals surface area contributed by atoms with Gasteiger partial charge in [-0.25, -0.2) is 9.78 Å². The average molecular weight is 369 g/mol. The van der Waals surface area contributed by atoms with Crippen LogP contribution in [-0.2, 0) is 4.79 Å². The highest BCUT2D eigenvalue weighted by molar-refractivity contribution is 7.10. The SMILES string of the molecule is CCCC(c1cccc(C(=O)O)c1)N(C)C(=O)C(C#N)=Cc1nccs1. The molecule has 0 bridgehead atoms. The molecule has 6 nitrogen and oxygen atoms in total. The molecular formula is C19H19N3O3S. The third-order valence-electron chi connectivity index (χ3n) is 3.94. The number of rotatable bonds is 7. The van der Waals surface area contributed by atoms with E-state index in [-0.39, 0.29) is 17.2 Å². The standard InChI is InChI=1S/C19H19N3O3S/c1-3-5-16(13-6-4-7-14(10-13)19(24)25)22(2)18(23)15(12-20)11-17-21-8-9-26-17/h4,6-11,16H,3,5H2,1-2H3,(H,24,25). The summed E-state index contributed by atoms with van der Waals surface area (Å²) in [6, 6.07) is 8.17. The number of aromatic nitrogens is 1. The van der Waals surface area contributed by atoms with Crippen molar-refractivity contribution in [2.45, 2.75) is 25.8 Å². The van der Waals surface area contributed by atoms with Gasteiger partial charge in [-0.3, -0.25) is 4.79 Å². The Kier molecular flexibility index (Phi) is 6.64. The zero-order valence-corrected chi connectivity index (χ0v) is 15.4. The Hall–Kier alpha value is -2.98. The molecule has 0 spiro atoms. The first-order valence-electron chi connectivity index (χ1n) is 8.09. The predicted octanol–water partition coefficient (Wildman–Crippen LogP) is 3.75. The number of nitrogens with zero attached hydrogens (tertiary/aromatic N) is 3. The first-order valence-corrected chi connectivity index (χ1v) is 8.97. The zero-order chi connectivity index (χ0) is 19.1. The van der Waals surface area contributed by atoms with Crippen LogP contribution in [0.5, 0.6) is 0 Å². The van der Waals surface area contributed by atoms with Gasteiger partial charge in [0.1, 0.15) is 16.6 Å². The maximum atomic E-state index is 12.8. The molecule has 1 amide bonds. The second kappa shape index (κ2) is 8.92. The first kappa shape index (κ1) is 19.3. The Labute approximate surface area is 156 Å². The highest BCUT2D eigenvalue weighted by atomic mass is 32.1. The highest BCUT2D eigenvalue weighted by Gasteiger charge is 2.24. The molecule has 1 atom stereocenters. The lowest BCUT2D eigenvalue weighted by Gasteiger charge is -2.28. The van der Waals surface area contributed by atoms with Crippen LogP contribution in [0.25, 0.3) is 6.08 Å². The number of hydrogen-bond donors (Lipinski definition) is 1. The zero-order valence-electron chi connectivity index (χ0n) is 14.5. The van der Waals surface area contributed by atoms with Gasteiger partial charge in [-0.1, -0.05) is 25.5 Å². The van der Waals surface area contributed by atoms with Gasteiger partial charge in [0, 0.05) is 18.6 Å². The quantitative estimate of drug-likeness (QED) is 0.592. The van der Waals surface area contributed by atoms with Crippen molar-refractivity contribution < 1.29 is 14.7 Å². The van der Waals surface area contributed by atoms with Crippen LogP contribution in [0, 0.1) is 11.3 Å². The Morgan fingerprint density at radius 1 is 1.46 bits per heavy atom. The molecule has 0 saturated heterocycles. The van der Waals surface area contributed by atoms with Gasteiger partial charge in [-0.05, 0) is 30.2 Å². The molecule has 134 valence electrons. The fourth-order valence-corrected chi connectivity index (χ4v) is 3.21. The van der Waals surface area contributed by atoms with Crippen molar-refractivity contribution >= 4 is 29.3 Å². The van der Waals surface area contributed by atoms with Gasteiger partial charge < -0.3 is 10.0 Å². The van der Waals surface area contributed by atoms with E-state index in [1.165, 1.54) is 28.4 Å². The molecule has 26 heavy (non-hydrogen) atoms. The monoisotopic (exact) mass is 369 g/mol.